The van der Waals surface area contributed by atoms with Gasteiger partial charge in [0.1, 0.15) is 5.82 Å². The number of aromatic nitrogens is 2. The maximum absolute atomic E-state index is 10.8. The van der Waals surface area contributed by atoms with Crippen molar-refractivity contribution in [3.05, 3.63) is 68.5 Å². The molecule has 22 heavy (non-hydrogen) atoms. The van der Waals surface area contributed by atoms with Gasteiger partial charge >= 0.3 is 0 Å². The Labute approximate surface area is 123 Å². The number of nitro groups is 2. The van der Waals surface area contributed by atoms with Crippen LogP contribution >= 0.6 is 0 Å². The van der Waals surface area contributed by atoms with E-state index in [2.05, 4.69) is 4.98 Å². The van der Waals surface area contributed by atoms with Crippen LogP contribution in [0.15, 0.2) is 42.5 Å². The summed E-state index contributed by atoms with van der Waals surface area (Å²) in [6.45, 7) is 1.77. The van der Waals surface area contributed by atoms with Gasteiger partial charge in [0.2, 0.25) is 0 Å². The number of imidazole rings is 1. The Morgan fingerprint density at radius 2 is 1.55 bits per heavy atom. The highest BCUT2D eigenvalue weighted by Crippen LogP contribution is 2.25. The fourth-order valence-electron chi connectivity index (χ4n) is 2.35. The second-order valence-corrected chi connectivity index (χ2v) is 4.70. The summed E-state index contributed by atoms with van der Waals surface area (Å²) >= 11 is 0. The van der Waals surface area contributed by atoms with Gasteiger partial charge in [-0.2, -0.15) is 0 Å². The molecule has 0 unspecified atom stereocenters. The smallest absolute Gasteiger partial charge is 0.271 e. The van der Waals surface area contributed by atoms with Gasteiger partial charge < -0.3 is 0 Å². The Balaban J connectivity index is 2.16. The Morgan fingerprint density at radius 3 is 2.14 bits per heavy atom. The van der Waals surface area contributed by atoms with Gasteiger partial charge in [0.15, 0.2) is 0 Å². The van der Waals surface area contributed by atoms with Crippen molar-refractivity contribution >= 4 is 22.4 Å². The monoisotopic (exact) mass is 298 g/mol. The molecule has 0 amide bonds. The zero-order chi connectivity index (χ0) is 15.9. The number of rotatable bonds is 3. The van der Waals surface area contributed by atoms with Gasteiger partial charge in [0, 0.05) is 30.0 Å². The minimum Gasteiger partial charge on any atom is -0.297 e. The van der Waals surface area contributed by atoms with Crippen LogP contribution in [0, 0.1) is 27.2 Å². The number of hydrogen-bond acceptors (Lipinski definition) is 5. The third-order valence-electron chi connectivity index (χ3n) is 3.34. The number of fused-ring (bicyclic) bond motifs is 1. The molecule has 0 fully saturated rings. The van der Waals surface area contributed by atoms with Crippen molar-refractivity contribution in [3.8, 4) is 5.69 Å². The van der Waals surface area contributed by atoms with Gasteiger partial charge in [-0.15, -0.1) is 0 Å². The fraction of sp³-hybridized carbons (Fsp3) is 0.0714. The predicted octanol–water partition coefficient (Wildman–Crippen LogP) is 3.15. The van der Waals surface area contributed by atoms with Gasteiger partial charge in [-0.3, -0.25) is 24.8 Å². The molecule has 3 rings (SSSR count). The van der Waals surface area contributed by atoms with E-state index in [0.717, 1.165) is 0 Å². The molecule has 0 radical (unpaired) electrons. The predicted molar refractivity (Wildman–Crippen MR) is 79.1 cm³/mol. The molecular weight excluding hydrogens is 288 g/mol. The highest BCUT2D eigenvalue weighted by molar-refractivity contribution is 5.80. The summed E-state index contributed by atoms with van der Waals surface area (Å²) in [4.78, 5) is 24.9. The summed E-state index contributed by atoms with van der Waals surface area (Å²) in [5.74, 6) is 0.643. The van der Waals surface area contributed by atoms with Crippen LogP contribution in [0.25, 0.3) is 16.7 Å². The molecule has 3 aromatic rings. The Kier molecular flexibility index (Phi) is 3.06. The van der Waals surface area contributed by atoms with E-state index in [9.17, 15) is 20.2 Å². The van der Waals surface area contributed by atoms with Crippen molar-refractivity contribution < 1.29 is 9.85 Å². The molecule has 2 aromatic carbocycles. The van der Waals surface area contributed by atoms with Crippen molar-refractivity contribution in [2.75, 3.05) is 0 Å². The van der Waals surface area contributed by atoms with Gasteiger partial charge in [0.05, 0.1) is 20.9 Å². The standard InChI is InChI=1S/C14H10N4O4/c1-9-15-13-8-12(18(21)22)6-7-14(13)16(9)10-2-4-11(5-3-10)17(19)20/h2-8H,1H3. The van der Waals surface area contributed by atoms with Crippen LogP contribution in [0.5, 0.6) is 0 Å². The molecule has 1 aromatic heterocycles. The SMILES string of the molecule is Cc1nc2cc([N+](=O)[O-])ccc2n1-c1ccc([N+](=O)[O-])cc1. The Morgan fingerprint density at radius 1 is 0.955 bits per heavy atom. The number of nitro benzene ring substituents is 2. The number of aryl methyl sites for hydroxylation is 1. The van der Waals surface area contributed by atoms with Crippen molar-refractivity contribution in [3.63, 3.8) is 0 Å². The second-order valence-electron chi connectivity index (χ2n) is 4.70. The highest BCUT2D eigenvalue weighted by Gasteiger charge is 2.14. The molecule has 0 aliphatic heterocycles. The third-order valence-corrected chi connectivity index (χ3v) is 3.34. The lowest BCUT2D eigenvalue weighted by molar-refractivity contribution is -0.385. The van der Waals surface area contributed by atoms with Crippen LogP contribution in [0.2, 0.25) is 0 Å². The first-order valence-electron chi connectivity index (χ1n) is 6.35. The number of hydrogen-bond donors (Lipinski definition) is 0. The second kappa shape index (κ2) is 4.92. The first kappa shape index (κ1) is 13.7. The summed E-state index contributed by atoms with van der Waals surface area (Å²) in [5, 5.41) is 21.5. The Bertz CT molecular complexity index is 899. The van der Waals surface area contributed by atoms with E-state index in [1.54, 1.807) is 29.7 Å². The van der Waals surface area contributed by atoms with Gasteiger partial charge in [-0.25, -0.2) is 4.98 Å². The summed E-state index contributed by atoms with van der Waals surface area (Å²) < 4.78 is 1.79. The molecule has 0 spiro atoms. The summed E-state index contributed by atoms with van der Waals surface area (Å²) in [6, 6.07) is 10.5. The summed E-state index contributed by atoms with van der Waals surface area (Å²) in [5.41, 5.74) is 1.89. The molecule has 8 heteroatoms. The maximum atomic E-state index is 10.8. The van der Waals surface area contributed by atoms with Gasteiger partial charge in [-0.1, -0.05) is 0 Å². The first-order valence-corrected chi connectivity index (χ1v) is 6.35. The van der Waals surface area contributed by atoms with Crippen LogP contribution in [0.3, 0.4) is 0 Å². The zero-order valence-electron chi connectivity index (χ0n) is 11.5. The molecule has 8 nitrogen and oxygen atoms in total. The van der Waals surface area contributed by atoms with Crippen LogP contribution in [-0.4, -0.2) is 19.4 Å². The average molecular weight is 298 g/mol. The van der Waals surface area contributed by atoms with E-state index in [0.29, 0.717) is 22.5 Å². The zero-order valence-corrected chi connectivity index (χ0v) is 11.5. The maximum Gasteiger partial charge on any atom is 0.271 e. The van der Waals surface area contributed by atoms with Crippen molar-refractivity contribution in [1.29, 1.82) is 0 Å². The van der Waals surface area contributed by atoms with E-state index in [-0.39, 0.29) is 11.4 Å². The molecule has 0 saturated heterocycles. The molecular formula is C14H10N4O4. The third kappa shape index (κ3) is 2.16. The highest BCUT2D eigenvalue weighted by atomic mass is 16.6. The summed E-state index contributed by atoms with van der Waals surface area (Å²) in [6.07, 6.45) is 0. The lowest BCUT2D eigenvalue weighted by atomic mass is 10.2. The number of nitrogens with zero attached hydrogens (tertiary/aromatic N) is 4. The largest absolute Gasteiger partial charge is 0.297 e. The number of non-ortho nitro benzene ring substituents is 2. The molecule has 0 saturated carbocycles. The normalized spacial score (nSPS) is 10.8. The number of benzene rings is 2. The molecule has 0 aliphatic rings. The Hall–Kier alpha value is -3.29. The minimum absolute atomic E-state index is 0.00135. The molecule has 110 valence electrons. The van der Waals surface area contributed by atoms with Gasteiger partial charge in [-0.05, 0) is 25.1 Å². The summed E-state index contributed by atoms with van der Waals surface area (Å²) in [7, 11) is 0. The molecule has 1 heterocycles. The van der Waals surface area contributed by atoms with E-state index < -0.39 is 9.85 Å². The van der Waals surface area contributed by atoms with Crippen molar-refractivity contribution in [1.82, 2.24) is 9.55 Å². The lowest BCUT2D eigenvalue weighted by Gasteiger charge is -2.06. The molecule has 0 aliphatic carbocycles. The van der Waals surface area contributed by atoms with E-state index in [1.165, 1.54) is 24.3 Å². The molecule has 0 bridgehead atoms. The molecule has 0 atom stereocenters. The van der Waals surface area contributed by atoms with Crippen molar-refractivity contribution in [2.24, 2.45) is 0 Å². The van der Waals surface area contributed by atoms with E-state index in [1.807, 2.05) is 0 Å². The molecule has 0 N–H and O–H groups in total. The van der Waals surface area contributed by atoms with Crippen LogP contribution in [0.4, 0.5) is 11.4 Å². The minimum atomic E-state index is -0.473. The van der Waals surface area contributed by atoms with Crippen LogP contribution in [-0.2, 0) is 0 Å². The van der Waals surface area contributed by atoms with Crippen molar-refractivity contribution in [2.45, 2.75) is 6.92 Å². The average Bonchev–Trinajstić information content (AvgIpc) is 2.82. The quantitative estimate of drug-likeness (QED) is 0.545. The van der Waals surface area contributed by atoms with Gasteiger partial charge in [0.25, 0.3) is 11.4 Å². The van der Waals surface area contributed by atoms with E-state index in [4.69, 9.17) is 0 Å². The van der Waals surface area contributed by atoms with Crippen LogP contribution < -0.4 is 0 Å². The first-order chi connectivity index (χ1) is 10.5. The lowest BCUT2D eigenvalue weighted by Crippen LogP contribution is -1.97. The van der Waals surface area contributed by atoms with Crippen LogP contribution in [0.1, 0.15) is 5.82 Å². The fourth-order valence-corrected chi connectivity index (χ4v) is 2.35. The topological polar surface area (TPSA) is 104 Å². The van der Waals surface area contributed by atoms with E-state index >= 15 is 0 Å².